The Morgan fingerprint density at radius 1 is 0.923 bits per heavy atom. The van der Waals surface area contributed by atoms with Crippen LogP contribution in [0.1, 0.15) is 16.7 Å². The van der Waals surface area contributed by atoms with E-state index in [0.29, 0.717) is 5.65 Å². The Morgan fingerprint density at radius 3 is 2.08 bits per heavy atom. The highest BCUT2D eigenvalue weighted by Gasteiger charge is 2.37. The van der Waals surface area contributed by atoms with Crippen LogP contribution in [0.2, 0.25) is 0 Å². The summed E-state index contributed by atoms with van der Waals surface area (Å²) in [5.74, 6) is 0.938. The number of fused-ring (bicyclic) bond motifs is 1. The van der Waals surface area contributed by atoms with Gasteiger partial charge in [-0.15, -0.1) is 0 Å². The van der Waals surface area contributed by atoms with E-state index < -0.39 is 17.2 Å². The van der Waals surface area contributed by atoms with Gasteiger partial charge in [0.25, 0.3) is 5.56 Å². The number of aliphatic hydroxyl groups is 2. The molecule has 10 heteroatoms. The number of nitrogens with one attached hydrogen (secondary N) is 2. The minimum absolute atomic E-state index is 0.0564. The van der Waals surface area contributed by atoms with Crippen LogP contribution in [-0.4, -0.2) is 56.2 Å². The zero-order valence-corrected chi connectivity index (χ0v) is 21.3. The molecule has 0 fully saturated rings. The highest BCUT2D eigenvalue weighted by Crippen LogP contribution is 2.40. The van der Waals surface area contributed by atoms with Crippen LogP contribution in [0.15, 0.2) is 96.1 Å². The Bertz CT molecular complexity index is 1530. The second-order valence-electron chi connectivity index (χ2n) is 8.92. The first-order valence-corrected chi connectivity index (χ1v) is 12.4. The summed E-state index contributed by atoms with van der Waals surface area (Å²) in [6.07, 6.45) is 0.675. The number of anilines is 1. The number of aromatic amines is 1. The maximum Gasteiger partial charge on any atom is 0.280 e. The minimum atomic E-state index is -0.946. The van der Waals surface area contributed by atoms with Crippen molar-refractivity contribution in [2.45, 2.75) is 18.4 Å². The van der Waals surface area contributed by atoms with Gasteiger partial charge in [-0.05, 0) is 28.8 Å². The summed E-state index contributed by atoms with van der Waals surface area (Å²) >= 11 is 0. The molecule has 0 aliphatic carbocycles. The highest BCUT2D eigenvalue weighted by atomic mass is 16.5. The molecule has 0 atom stereocenters. The molecule has 0 bridgehead atoms. The molecule has 2 heterocycles. The first-order valence-electron chi connectivity index (χ1n) is 12.4. The molecular weight excluding hydrogens is 498 g/mol. The summed E-state index contributed by atoms with van der Waals surface area (Å²) < 4.78 is 12.5. The van der Waals surface area contributed by atoms with Crippen LogP contribution in [-0.2, 0) is 17.0 Å². The predicted octanol–water partition coefficient (Wildman–Crippen LogP) is 2.86. The van der Waals surface area contributed by atoms with Crippen molar-refractivity contribution in [1.82, 2.24) is 19.5 Å². The van der Waals surface area contributed by atoms with Gasteiger partial charge in [-0.3, -0.25) is 14.3 Å². The van der Waals surface area contributed by atoms with Crippen LogP contribution in [0.5, 0.6) is 5.75 Å². The summed E-state index contributed by atoms with van der Waals surface area (Å²) in [5.41, 5.74) is 1.81. The quantitative estimate of drug-likeness (QED) is 0.193. The van der Waals surface area contributed by atoms with Crippen molar-refractivity contribution in [3.8, 4) is 5.75 Å². The van der Waals surface area contributed by atoms with E-state index in [9.17, 15) is 15.0 Å². The third kappa shape index (κ3) is 5.13. The van der Waals surface area contributed by atoms with Crippen molar-refractivity contribution in [2.75, 3.05) is 25.6 Å². The van der Waals surface area contributed by atoms with E-state index in [-0.39, 0.29) is 31.4 Å². The smallest absolute Gasteiger partial charge is 0.280 e. The molecule has 0 spiro atoms. The lowest BCUT2D eigenvalue weighted by Crippen LogP contribution is -2.39. The number of rotatable bonds is 11. The molecule has 0 amide bonds. The molecule has 0 unspecified atom stereocenters. The van der Waals surface area contributed by atoms with E-state index >= 15 is 0 Å². The molecule has 10 nitrogen and oxygen atoms in total. The van der Waals surface area contributed by atoms with Crippen LogP contribution >= 0.6 is 0 Å². The monoisotopic (exact) mass is 527 g/mol. The minimum Gasteiger partial charge on any atom is -0.497 e. The Labute approximate surface area is 224 Å². The van der Waals surface area contributed by atoms with Crippen LogP contribution in [0.3, 0.4) is 0 Å². The molecule has 39 heavy (non-hydrogen) atoms. The standard InChI is InChI=1S/C29H29N5O5/c1-38-23-14-12-22(13-15-23)29(20-8-4-2-5-9-20,21-10-6-3-7-11-21)33-28-31-26-25(27(37)32-28)30-18-34(26)19-39-24(16-35)17-36/h2-15,18,24,35-36H,16-17,19H2,1H3,(H2,31,32,33,37). The molecular formula is C29H29N5O5. The first-order chi connectivity index (χ1) is 19.1. The maximum absolute atomic E-state index is 13.1. The fraction of sp³-hybridized carbons (Fsp3) is 0.207. The van der Waals surface area contributed by atoms with Gasteiger partial charge in [-0.25, -0.2) is 4.98 Å². The molecule has 4 N–H and O–H groups in total. The Morgan fingerprint density at radius 2 is 1.51 bits per heavy atom. The number of aliphatic hydroxyl groups excluding tert-OH is 2. The van der Waals surface area contributed by atoms with Gasteiger partial charge in [-0.1, -0.05) is 72.8 Å². The Balaban J connectivity index is 1.67. The molecule has 0 radical (unpaired) electrons. The summed E-state index contributed by atoms with van der Waals surface area (Å²) in [4.78, 5) is 24.8. The van der Waals surface area contributed by atoms with Crippen molar-refractivity contribution in [3.05, 3.63) is 118 Å². The average Bonchev–Trinajstić information content (AvgIpc) is 3.41. The number of aromatic nitrogens is 4. The highest BCUT2D eigenvalue weighted by molar-refractivity contribution is 5.71. The molecule has 0 saturated carbocycles. The van der Waals surface area contributed by atoms with Gasteiger partial charge >= 0.3 is 0 Å². The molecule has 0 saturated heterocycles. The zero-order valence-electron chi connectivity index (χ0n) is 21.3. The van der Waals surface area contributed by atoms with Gasteiger partial charge in [0.15, 0.2) is 11.2 Å². The largest absolute Gasteiger partial charge is 0.497 e. The van der Waals surface area contributed by atoms with E-state index in [0.717, 1.165) is 22.4 Å². The van der Waals surface area contributed by atoms with E-state index in [4.69, 9.17) is 14.5 Å². The average molecular weight is 528 g/mol. The van der Waals surface area contributed by atoms with Crippen LogP contribution in [0.25, 0.3) is 11.2 Å². The van der Waals surface area contributed by atoms with Crippen molar-refractivity contribution in [3.63, 3.8) is 0 Å². The van der Waals surface area contributed by atoms with E-state index in [1.54, 1.807) is 11.7 Å². The van der Waals surface area contributed by atoms with Gasteiger partial charge in [0, 0.05) is 0 Å². The number of imidazole rings is 1. The molecule has 200 valence electrons. The maximum atomic E-state index is 13.1. The molecule has 3 aromatic carbocycles. The lowest BCUT2D eigenvalue weighted by atomic mass is 9.77. The SMILES string of the molecule is COc1ccc(C(Nc2nc3c(ncn3COC(CO)CO)c(=O)[nH]2)(c2ccccc2)c2ccccc2)cc1. The second kappa shape index (κ2) is 11.5. The topological polar surface area (TPSA) is 135 Å². The van der Waals surface area contributed by atoms with Crippen LogP contribution < -0.4 is 15.6 Å². The van der Waals surface area contributed by atoms with E-state index in [2.05, 4.69) is 15.3 Å². The molecule has 2 aromatic heterocycles. The van der Waals surface area contributed by atoms with Crippen molar-refractivity contribution in [2.24, 2.45) is 0 Å². The molecule has 5 rings (SSSR count). The van der Waals surface area contributed by atoms with Crippen LogP contribution in [0, 0.1) is 0 Å². The van der Waals surface area contributed by atoms with Crippen molar-refractivity contribution in [1.29, 1.82) is 0 Å². The van der Waals surface area contributed by atoms with Gasteiger partial charge in [0.2, 0.25) is 5.95 Å². The Hall–Kier alpha value is -4.51. The lowest BCUT2D eigenvalue weighted by Gasteiger charge is -2.37. The van der Waals surface area contributed by atoms with E-state index in [1.165, 1.54) is 6.33 Å². The number of methoxy groups -OCH3 is 1. The Kier molecular flexibility index (Phi) is 7.69. The molecule has 0 aliphatic heterocycles. The number of ether oxygens (including phenoxy) is 2. The number of nitrogens with zero attached hydrogens (tertiary/aromatic N) is 3. The number of H-pyrrole nitrogens is 1. The summed E-state index contributed by atoms with van der Waals surface area (Å²) in [7, 11) is 1.62. The zero-order chi connectivity index (χ0) is 27.2. The first kappa shape index (κ1) is 26.1. The van der Waals surface area contributed by atoms with Gasteiger partial charge in [-0.2, -0.15) is 4.98 Å². The van der Waals surface area contributed by atoms with Crippen molar-refractivity contribution >= 4 is 17.1 Å². The van der Waals surface area contributed by atoms with E-state index in [1.807, 2.05) is 84.9 Å². The third-order valence-electron chi connectivity index (χ3n) is 6.57. The second-order valence-corrected chi connectivity index (χ2v) is 8.92. The molecule has 5 aromatic rings. The molecule has 0 aliphatic rings. The fourth-order valence-electron chi connectivity index (χ4n) is 4.57. The summed E-state index contributed by atoms with van der Waals surface area (Å²) in [5, 5.41) is 22.2. The normalized spacial score (nSPS) is 11.7. The number of hydrogen-bond acceptors (Lipinski definition) is 8. The predicted molar refractivity (Wildman–Crippen MR) is 147 cm³/mol. The van der Waals surface area contributed by atoms with Crippen LogP contribution in [0.4, 0.5) is 5.95 Å². The fourth-order valence-corrected chi connectivity index (χ4v) is 4.57. The van der Waals surface area contributed by atoms with Gasteiger partial charge in [0.05, 0.1) is 26.7 Å². The van der Waals surface area contributed by atoms with Gasteiger partial charge < -0.3 is 25.0 Å². The van der Waals surface area contributed by atoms with Gasteiger partial charge in [0.1, 0.15) is 24.1 Å². The summed E-state index contributed by atoms with van der Waals surface area (Å²) in [6.45, 7) is -0.746. The third-order valence-corrected chi connectivity index (χ3v) is 6.57. The summed E-state index contributed by atoms with van der Waals surface area (Å²) in [6, 6.07) is 27.5. The number of hydrogen-bond donors (Lipinski definition) is 4. The number of benzene rings is 3. The lowest BCUT2D eigenvalue weighted by molar-refractivity contribution is -0.0488. The van der Waals surface area contributed by atoms with Crippen molar-refractivity contribution < 1.29 is 19.7 Å².